The largest absolute Gasteiger partial charge is 0.393 e. The monoisotopic (exact) mass is 444 g/mol. The SMILES string of the molecule is CC#CCN1C[C@H]2C[C@@]2(c2ccc(-c3cnc(N)c(C(=O)NC4CCC(O)CC4)c3)cc2)C1. The van der Waals surface area contributed by atoms with Crippen LogP contribution < -0.4 is 11.1 Å². The normalized spacial score (nSPS) is 28.5. The second-order valence-electron chi connectivity index (χ2n) is 9.87. The average Bonchev–Trinajstić information content (AvgIpc) is 3.40. The number of aromatic nitrogens is 1. The maximum absolute atomic E-state index is 12.9. The number of nitrogen functional groups attached to an aromatic ring is 1. The molecule has 0 radical (unpaired) electrons. The van der Waals surface area contributed by atoms with E-state index in [2.05, 4.69) is 51.3 Å². The van der Waals surface area contributed by atoms with Gasteiger partial charge in [-0.2, -0.15) is 0 Å². The number of benzene rings is 1. The average molecular weight is 445 g/mol. The minimum Gasteiger partial charge on any atom is -0.393 e. The summed E-state index contributed by atoms with van der Waals surface area (Å²) in [4.78, 5) is 19.6. The van der Waals surface area contributed by atoms with Crippen molar-refractivity contribution in [2.75, 3.05) is 25.4 Å². The van der Waals surface area contributed by atoms with Crippen LogP contribution in [0.15, 0.2) is 36.5 Å². The van der Waals surface area contributed by atoms with E-state index < -0.39 is 0 Å². The molecule has 1 aromatic heterocycles. The molecule has 2 saturated carbocycles. The van der Waals surface area contributed by atoms with E-state index in [0.717, 1.165) is 62.4 Å². The van der Waals surface area contributed by atoms with Gasteiger partial charge in [-0.25, -0.2) is 4.98 Å². The van der Waals surface area contributed by atoms with Crippen molar-refractivity contribution in [2.45, 2.75) is 56.6 Å². The van der Waals surface area contributed by atoms with Crippen molar-refractivity contribution in [1.82, 2.24) is 15.2 Å². The third-order valence-electron chi connectivity index (χ3n) is 7.68. The first-order valence-electron chi connectivity index (χ1n) is 12.0. The van der Waals surface area contributed by atoms with Crippen LogP contribution in [-0.4, -0.2) is 52.7 Å². The zero-order valence-corrected chi connectivity index (χ0v) is 19.2. The number of anilines is 1. The van der Waals surface area contributed by atoms with E-state index in [4.69, 9.17) is 5.73 Å². The Morgan fingerprint density at radius 3 is 2.73 bits per heavy atom. The molecule has 1 saturated heterocycles. The van der Waals surface area contributed by atoms with Crippen molar-refractivity contribution in [3.63, 3.8) is 0 Å². The predicted octanol–water partition coefficient (Wildman–Crippen LogP) is 2.96. The molecular weight excluding hydrogens is 412 g/mol. The standard InChI is InChI=1S/C27H32N4O2/c1-2-3-12-31-16-21-14-27(21,17-31)20-6-4-18(5-7-20)19-13-24(25(28)29-15-19)26(33)30-22-8-10-23(32)11-9-22/h4-7,13,15,21-23,32H,8-12,14,16-17H2,1H3,(H2,28,29)(H,30,33)/t21-,22?,23?,27+/m1/s1. The Morgan fingerprint density at radius 1 is 1.24 bits per heavy atom. The zero-order valence-electron chi connectivity index (χ0n) is 19.2. The predicted molar refractivity (Wildman–Crippen MR) is 129 cm³/mol. The first kappa shape index (κ1) is 21.9. The van der Waals surface area contributed by atoms with Gasteiger partial charge in [0.05, 0.1) is 18.2 Å². The third kappa shape index (κ3) is 4.36. The Morgan fingerprint density at radius 2 is 2.00 bits per heavy atom. The van der Waals surface area contributed by atoms with Crippen LogP contribution in [0.25, 0.3) is 11.1 Å². The number of nitrogens with one attached hydrogen (secondary N) is 1. The van der Waals surface area contributed by atoms with Crippen LogP contribution in [0, 0.1) is 17.8 Å². The molecule has 172 valence electrons. The van der Waals surface area contributed by atoms with Crippen LogP contribution in [0.3, 0.4) is 0 Å². The fourth-order valence-electron chi connectivity index (χ4n) is 5.64. The molecule has 1 amide bonds. The summed E-state index contributed by atoms with van der Waals surface area (Å²) in [6.07, 6.45) is 5.75. The minimum absolute atomic E-state index is 0.0725. The zero-order chi connectivity index (χ0) is 23.0. The van der Waals surface area contributed by atoms with E-state index in [-0.39, 0.29) is 29.3 Å². The van der Waals surface area contributed by atoms with Crippen LogP contribution in [0.4, 0.5) is 5.82 Å². The molecule has 2 heterocycles. The van der Waals surface area contributed by atoms with Crippen molar-refractivity contribution in [1.29, 1.82) is 0 Å². The number of piperidine rings is 1. The maximum atomic E-state index is 12.9. The quantitative estimate of drug-likeness (QED) is 0.617. The second-order valence-corrected chi connectivity index (χ2v) is 9.87. The Balaban J connectivity index is 1.29. The molecule has 2 aromatic rings. The summed E-state index contributed by atoms with van der Waals surface area (Å²) >= 11 is 0. The Bertz CT molecular complexity index is 1100. The van der Waals surface area contributed by atoms with E-state index in [1.165, 1.54) is 12.0 Å². The van der Waals surface area contributed by atoms with Gasteiger partial charge in [-0.15, -0.1) is 5.92 Å². The lowest BCUT2D eigenvalue weighted by Gasteiger charge is -2.26. The van der Waals surface area contributed by atoms with Crippen molar-refractivity contribution in [2.24, 2.45) is 5.92 Å². The van der Waals surface area contributed by atoms with Crippen LogP contribution in [0.2, 0.25) is 0 Å². The smallest absolute Gasteiger partial charge is 0.255 e. The number of fused-ring (bicyclic) bond motifs is 1. The van der Waals surface area contributed by atoms with Gasteiger partial charge in [0.2, 0.25) is 0 Å². The third-order valence-corrected chi connectivity index (χ3v) is 7.68. The highest BCUT2D eigenvalue weighted by atomic mass is 16.3. The van der Waals surface area contributed by atoms with Crippen molar-refractivity contribution in [3.05, 3.63) is 47.7 Å². The number of likely N-dealkylation sites (tertiary alicyclic amines) is 1. The number of carbonyl (C=O) groups excluding carboxylic acids is 1. The molecule has 2 atom stereocenters. The molecule has 5 rings (SSSR count). The van der Waals surface area contributed by atoms with Crippen molar-refractivity contribution in [3.8, 4) is 23.0 Å². The van der Waals surface area contributed by atoms with Crippen LogP contribution in [0.5, 0.6) is 0 Å². The summed E-state index contributed by atoms with van der Waals surface area (Å²) in [6, 6.07) is 10.6. The molecule has 1 aliphatic heterocycles. The van der Waals surface area contributed by atoms with E-state index >= 15 is 0 Å². The lowest BCUT2D eigenvalue weighted by atomic mass is 9.92. The van der Waals surface area contributed by atoms with Crippen LogP contribution in [0.1, 0.15) is 54.9 Å². The number of carbonyl (C=O) groups is 1. The molecule has 6 heteroatoms. The molecule has 0 unspecified atom stereocenters. The fourth-order valence-corrected chi connectivity index (χ4v) is 5.64. The number of nitrogens with two attached hydrogens (primary N) is 1. The number of nitrogens with zero attached hydrogens (tertiary/aromatic N) is 2. The summed E-state index contributed by atoms with van der Waals surface area (Å²) in [5.41, 5.74) is 10.0. The summed E-state index contributed by atoms with van der Waals surface area (Å²) < 4.78 is 0. The van der Waals surface area contributed by atoms with Gasteiger partial charge in [-0.1, -0.05) is 30.2 Å². The number of pyridine rings is 1. The van der Waals surface area contributed by atoms with Crippen LogP contribution in [-0.2, 0) is 5.41 Å². The summed E-state index contributed by atoms with van der Waals surface area (Å²) in [6.45, 7) is 4.97. The summed E-state index contributed by atoms with van der Waals surface area (Å²) in [5, 5.41) is 12.8. The Kier molecular flexibility index (Phi) is 5.86. The molecule has 4 N–H and O–H groups in total. The number of hydrogen-bond acceptors (Lipinski definition) is 5. The van der Waals surface area contributed by atoms with E-state index in [9.17, 15) is 9.90 Å². The number of aliphatic hydroxyl groups is 1. The number of aliphatic hydroxyl groups excluding tert-OH is 1. The van der Waals surface area contributed by atoms with E-state index in [1.807, 2.05) is 13.0 Å². The van der Waals surface area contributed by atoms with Crippen LogP contribution >= 0.6 is 0 Å². The fraction of sp³-hybridized carbons (Fsp3) is 0.481. The van der Waals surface area contributed by atoms with Gasteiger partial charge < -0.3 is 16.2 Å². The maximum Gasteiger partial charge on any atom is 0.255 e. The Labute approximate surface area is 195 Å². The number of hydrogen-bond donors (Lipinski definition) is 3. The van der Waals surface area contributed by atoms with Gasteiger partial charge in [0.1, 0.15) is 5.82 Å². The van der Waals surface area contributed by atoms with Gasteiger partial charge in [0.15, 0.2) is 0 Å². The van der Waals surface area contributed by atoms with E-state index in [1.54, 1.807) is 6.20 Å². The lowest BCUT2D eigenvalue weighted by Crippen LogP contribution is -2.38. The summed E-state index contributed by atoms with van der Waals surface area (Å²) in [7, 11) is 0. The second kappa shape index (κ2) is 8.81. The van der Waals surface area contributed by atoms with E-state index in [0.29, 0.717) is 5.56 Å². The van der Waals surface area contributed by atoms with Gasteiger partial charge >= 0.3 is 0 Å². The number of amides is 1. The lowest BCUT2D eigenvalue weighted by molar-refractivity contribution is 0.0868. The van der Waals surface area contributed by atoms with Gasteiger partial charge in [0.25, 0.3) is 5.91 Å². The Hall–Kier alpha value is -2.88. The molecule has 33 heavy (non-hydrogen) atoms. The first-order chi connectivity index (χ1) is 16.0. The molecule has 1 aromatic carbocycles. The van der Waals surface area contributed by atoms with Crippen molar-refractivity contribution >= 4 is 11.7 Å². The molecule has 6 nitrogen and oxygen atoms in total. The highest BCUT2D eigenvalue weighted by Crippen LogP contribution is 2.59. The van der Waals surface area contributed by atoms with Gasteiger partial charge in [-0.3, -0.25) is 9.69 Å². The van der Waals surface area contributed by atoms with Crippen molar-refractivity contribution < 1.29 is 9.90 Å². The minimum atomic E-state index is -0.251. The molecular formula is C27H32N4O2. The summed E-state index contributed by atoms with van der Waals surface area (Å²) in [5.74, 6) is 6.97. The topological polar surface area (TPSA) is 91.5 Å². The molecule has 0 spiro atoms. The first-order valence-corrected chi connectivity index (χ1v) is 12.0. The van der Waals surface area contributed by atoms with Gasteiger partial charge in [-0.05, 0) is 62.1 Å². The highest BCUT2D eigenvalue weighted by Gasteiger charge is 2.60. The number of rotatable bonds is 5. The molecule has 2 aliphatic carbocycles. The molecule has 3 fully saturated rings. The van der Waals surface area contributed by atoms with Gasteiger partial charge in [0, 0.05) is 36.3 Å². The molecule has 3 aliphatic rings. The molecule has 0 bridgehead atoms. The highest BCUT2D eigenvalue weighted by molar-refractivity contribution is 5.99.